The van der Waals surface area contributed by atoms with E-state index in [0.717, 1.165) is 0 Å². The highest BCUT2D eigenvalue weighted by atomic mass is 14.9. The number of nitrogens with zero attached hydrogens (tertiary/aromatic N) is 1. The second kappa shape index (κ2) is 11.7. The minimum atomic E-state index is -0.000759. The fourth-order valence-electron chi connectivity index (χ4n) is 10.6. The third-order valence-corrected chi connectivity index (χ3v) is 13.0. The summed E-state index contributed by atoms with van der Waals surface area (Å²) < 4.78 is 2.69. The molecule has 1 aromatic heterocycles. The first-order valence-electron chi connectivity index (χ1n) is 20.1. The van der Waals surface area contributed by atoms with Crippen molar-refractivity contribution in [1.82, 2.24) is 4.48 Å². The summed E-state index contributed by atoms with van der Waals surface area (Å²) in [6, 6.07) is 75.5. The van der Waals surface area contributed by atoms with Gasteiger partial charge >= 0.3 is 6.85 Å². The molecule has 2 aliphatic rings. The summed E-state index contributed by atoms with van der Waals surface area (Å²) in [5.41, 5.74) is 17.2. The van der Waals surface area contributed by atoms with Gasteiger partial charge in [0.2, 0.25) is 0 Å². The SMILES string of the molecule is c1ccc(-c2cc(-c3ccccc3)cc(C3c4cc5cc6ccccc6cc5cc4B4c5c3cc3ccccc3c5-c3cccc5c6ccccc6n4c35)c2)cc1. The van der Waals surface area contributed by atoms with Gasteiger partial charge in [-0.1, -0.05) is 176 Å². The van der Waals surface area contributed by atoms with Crippen LogP contribution in [0.4, 0.5) is 0 Å². The summed E-state index contributed by atoms with van der Waals surface area (Å²) in [5, 5.41) is 10.3. The molecule has 11 aromatic rings. The summed E-state index contributed by atoms with van der Waals surface area (Å²) in [6.07, 6.45) is 0. The Labute approximate surface area is 331 Å². The van der Waals surface area contributed by atoms with E-state index in [9.17, 15) is 0 Å². The third-order valence-electron chi connectivity index (χ3n) is 13.0. The molecule has 262 valence electrons. The Kier molecular flexibility index (Phi) is 6.37. The molecule has 0 aliphatic carbocycles. The monoisotopic (exact) mass is 719 g/mol. The molecule has 0 amide bonds. The van der Waals surface area contributed by atoms with E-state index in [4.69, 9.17) is 0 Å². The quantitative estimate of drug-likeness (QED) is 0.127. The van der Waals surface area contributed by atoms with Gasteiger partial charge in [-0.15, -0.1) is 0 Å². The van der Waals surface area contributed by atoms with Gasteiger partial charge in [0.05, 0.1) is 0 Å². The molecule has 0 saturated heterocycles. The Hall–Kier alpha value is -7.16. The second-order valence-corrected chi connectivity index (χ2v) is 16.0. The Balaban J connectivity index is 1.21. The van der Waals surface area contributed by atoms with Crippen molar-refractivity contribution in [2.45, 2.75) is 5.92 Å². The van der Waals surface area contributed by atoms with Crippen molar-refractivity contribution >= 4 is 71.9 Å². The minimum Gasteiger partial charge on any atom is -0.375 e. The normalized spacial score (nSPS) is 14.1. The topological polar surface area (TPSA) is 4.93 Å². The first kappa shape index (κ1) is 31.1. The Morgan fingerprint density at radius 2 is 0.965 bits per heavy atom. The van der Waals surface area contributed by atoms with Crippen LogP contribution < -0.4 is 10.9 Å². The molecule has 3 heterocycles. The van der Waals surface area contributed by atoms with Gasteiger partial charge in [0.25, 0.3) is 0 Å². The molecular formula is C55H34BN. The average molecular weight is 720 g/mol. The number of rotatable bonds is 3. The molecule has 1 unspecified atom stereocenters. The number of fused-ring (bicyclic) bond motifs is 11. The molecular weight excluding hydrogens is 685 g/mol. The lowest BCUT2D eigenvalue weighted by molar-refractivity contribution is 0.988. The van der Waals surface area contributed by atoms with Crippen LogP contribution in [0.2, 0.25) is 0 Å². The van der Waals surface area contributed by atoms with Crippen molar-refractivity contribution in [1.29, 1.82) is 0 Å². The predicted octanol–water partition coefficient (Wildman–Crippen LogP) is 12.7. The van der Waals surface area contributed by atoms with Gasteiger partial charge in [0, 0.05) is 33.3 Å². The van der Waals surface area contributed by atoms with E-state index in [1.54, 1.807) is 0 Å². The van der Waals surface area contributed by atoms with Gasteiger partial charge in [-0.05, 0) is 112 Å². The third kappa shape index (κ3) is 4.41. The summed E-state index contributed by atoms with van der Waals surface area (Å²) in [7, 11) is 0. The molecule has 2 heteroatoms. The van der Waals surface area contributed by atoms with Crippen LogP contribution in [0.5, 0.6) is 0 Å². The summed E-state index contributed by atoms with van der Waals surface area (Å²) >= 11 is 0. The summed E-state index contributed by atoms with van der Waals surface area (Å²) in [4.78, 5) is 0. The lowest BCUT2D eigenvalue weighted by Gasteiger charge is -2.39. The van der Waals surface area contributed by atoms with E-state index in [1.807, 2.05) is 0 Å². The standard InChI is InChI=1S/C55H34BN/c1-3-14-34(15-4-1)39-28-40(35-16-5-2-6-17-35)30-43(29-39)52-48-32-41-26-36-18-7-8-19-37(36)27-42(41)33-50(48)56-54-49(52)31-38-20-9-10-21-44(38)53(54)47-24-13-23-46-45-22-11-12-25-51(45)57(56)55(46)47/h1-33,52H. The molecule has 1 atom stereocenters. The van der Waals surface area contributed by atoms with Crippen molar-refractivity contribution in [2.24, 2.45) is 0 Å². The van der Waals surface area contributed by atoms with Gasteiger partial charge < -0.3 is 4.48 Å². The van der Waals surface area contributed by atoms with Gasteiger partial charge in [-0.2, -0.15) is 0 Å². The van der Waals surface area contributed by atoms with Crippen molar-refractivity contribution in [2.75, 3.05) is 0 Å². The van der Waals surface area contributed by atoms with E-state index in [1.165, 1.54) is 115 Å². The Morgan fingerprint density at radius 3 is 1.68 bits per heavy atom. The molecule has 0 radical (unpaired) electrons. The predicted molar refractivity (Wildman–Crippen MR) is 243 cm³/mol. The highest BCUT2D eigenvalue weighted by Crippen LogP contribution is 2.47. The van der Waals surface area contributed by atoms with Crippen molar-refractivity contribution < 1.29 is 0 Å². The first-order chi connectivity index (χ1) is 28.3. The maximum absolute atomic E-state index is 2.69. The smallest absolute Gasteiger partial charge is 0.329 e. The van der Waals surface area contributed by atoms with Gasteiger partial charge in [0.15, 0.2) is 0 Å². The zero-order valence-corrected chi connectivity index (χ0v) is 31.2. The number of para-hydroxylation sites is 2. The Morgan fingerprint density at radius 1 is 0.386 bits per heavy atom. The lowest BCUT2D eigenvalue weighted by atomic mass is 9.41. The summed E-state index contributed by atoms with van der Waals surface area (Å²) in [6.45, 7) is 0.00456. The van der Waals surface area contributed by atoms with Crippen molar-refractivity contribution in [3.63, 3.8) is 0 Å². The highest BCUT2D eigenvalue weighted by Gasteiger charge is 2.44. The van der Waals surface area contributed by atoms with E-state index in [-0.39, 0.29) is 12.8 Å². The molecule has 1 nitrogen and oxygen atoms in total. The molecule has 0 spiro atoms. The average Bonchev–Trinajstić information content (AvgIpc) is 3.61. The second-order valence-electron chi connectivity index (χ2n) is 16.0. The molecule has 0 bridgehead atoms. The molecule has 2 aliphatic heterocycles. The lowest BCUT2D eigenvalue weighted by Crippen LogP contribution is -2.57. The maximum atomic E-state index is 2.69. The molecule has 0 fully saturated rings. The minimum absolute atomic E-state index is 0.000759. The molecule has 10 aromatic carbocycles. The highest BCUT2D eigenvalue weighted by molar-refractivity contribution is 6.88. The fraction of sp³-hybridized carbons (Fsp3) is 0.0182. The van der Waals surface area contributed by atoms with Crippen LogP contribution in [0.3, 0.4) is 0 Å². The van der Waals surface area contributed by atoms with Crippen molar-refractivity contribution in [3.8, 4) is 33.4 Å². The van der Waals surface area contributed by atoms with Gasteiger partial charge in [-0.25, -0.2) is 0 Å². The molecule has 57 heavy (non-hydrogen) atoms. The van der Waals surface area contributed by atoms with Crippen LogP contribution in [0.1, 0.15) is 22.6 Å². The van der Waals surface area contributed by atoms with E-state index >= 15 is 0 Å². The molecule has 0 N–H and O–H groups in total. The Bertz CT molecular complexity index is 3410. The number of aromatic nitrogens is 1. The maximum Gasteiger partial charge on any atom is 0.329 e. The van der Waals surface area contributed by atoms with Crippen LogP contribution >= 0.6 is 0 Å². The van der Waals surface area contributed by atoms with E-state index < -0.39 is 0 Å². The zero-order chi connectivity index (χ0) is 37.2. The van der Waals surface area contributed by atoms with Crippen molar-refractivity contribution in [3.05, 3.63) is 217 Å². The van der Waals surface area contributed by atoms with Crippen LogP contribution in [0.15, 0.2) is 200 Å². The van der Waals surface area contributed by atoms with Crippen LogP contribution in [-0.2, 0) is 0 Å². The van der Waals surface area contributed by atoms with E-state index in [2.05, 4.69) is 205 Å². The van der Waals surface area contributed by atoms with E-state index in [0.29, 0.717) is 0 Å². The van der Waals surface area contributed by atoms with Crippen LogP contribution in [0.25, 0.3) is 87.5 Å². The largest absolute Gasteiger partial charge is 0.375 e. The fourth-order valence-corrected chi connectivity index (χ4v) is 10.6. The zero-order valence-electron chi connectivity index (χ0n) is 31.2. The summed E-state index contributed by atoms with van der Waals surface area (Å²) in [5.74, 6) is -0.000759. The number of hydrogen-bond acceptors (Lipinski definition) is 0. The van der Waals surface area contributed by atoms with Crippen LogP contribution in [-0.4, -0.2) is 11.3 Å². The molecule has 0 saturated carbocycles. The number of benzene rings is 10. The number of hydrogen-bond donors (Lipinski definition) is 0. The van der Waals surface area contributed by atoms with Gasteiger partial charge in [-0.3, -0.25) is 0 Å². The first-order valence-corrected chi connectivity index (χ1v) is 20.1. The van der Waals surface area contributed by atoms with Crippen LogP contribution in [0, 0.1) is 0 Å². The molecule has 13 rings (SSSR count). The van der Waals surface area contributed by atoms with Gasteiger partial charge in [0.1, 0.15) is 0 Å².